The van der Waals surface area contributed by atoms with E-state index in [2.05, 4.69) is 16.5 Å². The fourth-order valence-corrected chi connectivity index (χ4v) is 2.22. The number of nitrogens with one attached hydrogen (secondary N) is 2. The minimum Gasteiger partial charge on any atom is -0.343 e. The van der Waals surface area contributed by atoms with Crippen molar-refractivity contribution in [2.75, 3.05) is 36.2 Å². The first-order chi connectivity index (χ1) is 9.17. The van der Waals surface area contributed by atoms with Crippen LogP contribution in [0.4, 0.5) is 15.9 Å². The molecule has 0 saturated carbocycles. The maximum Gasteiger partial charge on any atom is 0.327 e. The number of halogens is 1. The second kappa shape index (κ2) is 5.73. The number of hydrogen-bond acceptors (Lipinski definition) is 4. The van der Waals surface area contributed by atoms with Gasteiger partial charge in [0.15, 0.2) is 0 Å². The lowest BCUT2D eigenvalue weighted by molar-refractivity contribution is 0.461. The molecule has 19 heavy (non-hydrogen) atoms. The maximum atomic E-state index is 12.1. The molecule has 0 bridgehead atoms. The minimum absolute atomic E-state index is 0.358. The quantitative estimate of drug-likeness (QED) is 0.585. The van der Waals surface area contributed by atoms with Gasteiger partial charge in [-0.1, -0.05) is 6.08 Å². The van der Waals surface area contributed by atoms with E-state index >= 15 is 0 Å². The van der Waals surface area contributed by atoms with Crippen LogP contribution in [-0.2, 0) is 0 Å². The second-order valence-corrected chi connectivity index (χ2v) is 4.42. The first-order valence-corrected chi connectivity index (χ1v) is 6.20. The fraction of sp³-hybridized carbons (Fsp3) is 0.500. The van der Waals surface area contributed by atoms with Gasteiger partial charge in [-0.3, -0.25) is 19.2 Å². The van der Waals surface area contributed by atoms with Gasteiger partial charge in [0.05, 0.1) is 13.3 Å². The molecule has 0 unspecified atom stereocenters. The van der Waals surface area contributed by atoms with Gasteiger partial charge in [0.2, 0.25) is 0 Å². The van der Waals surface area contributed by atoms with Gasteiger partial charge in [-0.05, 0) is 12.8 Å². The zero-order chi connectivity index (χ0) is 13.8. The Labute approximate surface area is 109 Å². The Hall–Kier alpha value is -2.05. The summed E-state index contributed by atoms with van der Waals surface area (Å²) < 4.78 is 12.1. The molecular formula is C12H17FN4O2. The Morgan fingerprint density at radius 3 is 2.74 bits per heavy atom. The van der Waals surface area contributed by atoms with Crippen molar-refractivity contribution >= 4 is 11.5 Å². The summed E-state index contributed by atoms with van der Waals surface area (Å²) in [7, 11) is 0. The number of fused-ring (bicyclic) bond motifs is 1. The van der Waals surface area contributed by atoms with Crippen LogP contribution in [0.25, 0.3) is 0 Å². The molecule has 0 aromatic carbocycles. The van der Waals surface area contributed by atoms with Crippen LogP contribution in [0.15, 0.2) is 22.2 Å². The highest BCUT2D eigenvalue weighted by molar-refractivity contribution is 5.71. The predicted octanol–water partition coefficient (Wildman–Crippen LogP) is 0.583. The molecule has 0 spiro atoms. The molecule has 1 aliphatic heterocycles. The van der Waals surface area contributed by atoms with Crippen LogP contribution in [0.1, 0.15) is 12.8 Å². The molecule has 0 saturated heterocycles. The molecular weight excluding hydrogens is 251 g/mol. The molecule has 0 aliphatic carbocycles. The number of aromatic nitrogens is 2. The van der Waals surface area contributed by atoms with Crippen molar-refractivity contribution in [2.24, 2.45) is 0 Å². The largest absolute Gasteiger partial charge is 0.343 e. The Bertz CT molecular complexity index is 566. The Morgan fingerprint density at radius 2 is 2.05 bits per heavy atom. The van der Waals surface area contributed by atoms with Gasteiger partial charge in [0, 0.05) is 13.1 Å². The first-order valence-electron chi connectivity index (χ1n) is 6.20. The summed E-state index contributed by atoms with van der Waals surface area (Å²) in [5.74, 6) is 0.509. The molecule has 6 nitrogen and oxygen atoms in total. The van der Waals surface area contributed by atoms with Gasteiger partial charge in [-0.25, -0.2) is 4.79 Å². The van der Waals surface area contributed by atoms with Crippen molar-refractivity contribution in [1.82, 2.24) is 9.97 Å². The number of alkyl halides is 1. The minimum atomic E-state index is -0.528. The topological polar surface area (TPSA) is 72.2 Å². The predicted molar refractivity (Wildman–Crippen MR) is 72.6 cm³/mol. The summed E-state index contributed by atoms with van der Waals surface area (Å²) in [5.41, 5.74) is -0.493. The number of unbranched alkanes of at least 4 members (excludes halogenated alkanes) is 1. The lowest BCUT2D eigenvalue weighted by atomic mass is 10.3. The lowest BCUT2D eigenvalue weighted by Gasteiger charge is -2.19. The van der Waals surface area contributed by atoms with E-state index in [9.17, 15) is 14.0 Å². The number of H-pyrrole nitrogens is 2. The van der Waals surface area contributed by atoms with Crippen LogP contribution < -0.4 is 21.0 Å². The zero-order valence-corrected chi connectivity index (χ0v) is 10.6. The summed E-state index contributed by atoms with van der Waals surface area (Å²) in [6.07, 6.45) is 2.84. The summed E-state index contributed by atoms with van der Waals surface area (Å²) in [6.45, 7) is 4.91. The molecule has 1 aromatic rings. The van der Waals surface area contributed by atoms with Crippen molar-refractivity contribution in [3.05, 3.63) is 33.5 Å². The van der Waals surface area contributed by atoms with Crippen LogP contribution in [0.2, 0.25) is 0 Å². The first kappa shape index (κ1) is 13.4. The van der Waals surface area contributed by atoms with Crippen LogP contribution in [0, 0.1) is 0 Å². The molecule has 104 valence electrons. The number of anilines is 2. The van der Waals surface area contributed by atoms with E-state index in [1.54, 1.807) is 6.08 Å². The van der Waals surface area contributed by atoms with E-state index in [1.165, 1.54) is 0 Å². The van der Waals surface area contributed by atoms with Gasteiger partial charge in [0.1, 0.15) is 11.5 Å². The van der Waals surface area contributed by atoms with Crippen LogP contribution in [0.3, 0.4) is 0 Å². The summed E-state index contributed by atoms with van der Waals surface area (Å²) in [4.78, 5) is 31.8. The van der Waals surface area contributed by atoms with Crippen molar-refractivity contribution in [1.29, 1.82) is 0 Å². The maximum absolute atomic E-state index is 12.1. The summed E-state index contributed by atoms with van der Waals surface area (Å²) >= 11 is 0. The molecule has 2 heterocycles. The van der Waals surface area contributed by atoms with Crippen molar-refractivity contribution in [3.8, 4) is 0 Å². The SMILES string of the molecule is C=CCN1CN(CCCCF)c2[nH]c(=O)[nH]c(=O)c21. The van der Waals surface area contributed by atoms with E-state index in [4.69, 9.17) is 0 Å². The summed E-state index contributed by atoms with van der Waals surface area (Å²) in [5, 5.41) is 0. The fourth-order valence-electron chi connectivity index (χ4n) is 2.22. The molecule has 0 radical (unpaired) electrons. The van der Waals surface area contributed by atoms with Crippen molar-refractivity contribution in [2.45, 2.75) is 12.8 Å². The average Bonchev–Trinajstić information content (AvgIpc) is 2.69. The highest BCUT2D eigenvalue weighted by Crippen LogP contribution is 2.29. The van der Waals surface area contributed by atoms with E-state index < -0.39 is 11.2 Å². The molecule has 2 N–H and O–H groups in total. The Kier molecular flexibility index (Phi) is 4.03. The molecule has 0 fully saturated rings. The Morgan fingerprint density at radius 1 is 1.26 bits per heavy atom. The third kappa shape index (κ3) is 2.69. The third-order valence-electron chi connectivity index (χ3n) is 3.03. The van der Waals surface area contributed by atoms with Crippen LogP contribution in [-0.4, -0.2) is 36.4 Å². The number of hydrogen-bond donors (Lipinski definition) is 2. The van der Waals surface area contributed by atoms with Crippen molar-refractivity contribution < 1.29 is 4.39 Å². The zero-order valence-electron chi connectivity index (χ0n) is 10.6. The van der Waals surface area contributed by atoms with E-state index in [0.717, 1.165) is 0 Å². The number of nitrogens with zero attached hydrogens (tertiary/aromatic N) is 2. The monoisotopic (exact) mass is 268 g/mol. The highest BCUT2D eigenvalue weighted by Gasteiger charge is 2.28. The van der Waals surface area contributed by atoms with Gasteiger partial charge >= 0.3 is 5.69 Å². The third-order valence-corrected chi connectivity index (χ3v) is 3.03. The van der Waals surface area contributed by atoms with E-state index in [0.29, 0.717) is 44.1 Å². The highest BCUT2D eigenvalue weighted by atomic mass is 19.1. The second-order valence-electron chi connectivity index (χ2n) is 4.42. The standard InChI is InChI=1S/C12H17FN4O2/c1-2-6-16-8-17(7-4-3-5-13)10-9(16)11(18)15-12(19)14-10/h2H,1,3-8H2,(H2,14,15,18,19). The molecule has 1 aromatic heterocycles. The van der Waals surface area contributed by atoms with Gasteiger partial charge < -0.3 is 9.80 Å². The average molecular weight is 268 g/mol. The molecule has 0 amide bonds. The molecule has 1 aliphatic rings. The van der Waals surface area contributed by atoms with E-state index in [-0.39, 0.29) is 6.67 Å². The van der Waals surface area contributed by atoms with E-state index in [1.807, 2.05) is 9.80 Å². The molecule has 7 heteroatoms. The lowest BCUT2D eigenvalue weighted by Crippen LogP contribution is -2.32. The van der Waals surface area contributed by atoms with Gasteiger partial charge in [0.25, 0.3) is 5.56 Å². The van der Waals surface area contributed by atoms with Gasteiger partial charge in [-0.2, -0.15) is 0 Å². The van der Waals surface area contributed by atoms with Crippen molar-refractivity contribution in [3.63, 3.8) is 0 Å². The molecule has 2 rings (SSSR count). The number of aromatic amines is 2. The summed E-state index contributed by atoms with van der Waals surface area (Å²) in [6, 6.07) is 0. The Balaban J connectivity index is 2.30. The van der Waals surface area contributed by atoms with Crippen LogP contribution >= 0.6 is 0 Å². The van der Waals surface area contributed by atoms with Gasteiger partial charge in [-0.15, -0.1) is 6.58 Å². The normalized spacial score (nSPS) is 13.7. The van der Waals surface area contributed by atoms with Crippen LogP contribution in [0.5, 0.6) is 0 Å². The molecule has 0 atom stereocenters. The smallest absolute Gasteiger partial charge is 0.327 e. The number of rotatable bonds is 6.